The van der Waals surface area contributed by atoms with Gasteiger partial charge in [-0.2, -0.15) is 0 Å². The number of hydrogen-bond acceptors (Lipinski definition) is 4. The van der Waals surface area contributed by atoms with Gasteiger partial charge in [0.25, 0.3) is 0 Å². The van der Waals surface area contributed by atoms with Crippen molar-refractivity contribution in [3.8, 4) is 0 Å². The maximum atomic E-state index is 12.3. The van der Waals surface area contributed by atoms with E-state index in [-0.39, 0.29) is 12.6 Å². The van der Waals surface area contributed by atoms with Crippen LogP contribution in [-0.2, 0) is 9.53 Å². The lowest BCUT2D eigenvalue weighted by Gasteiger charge is -2.22. The Morgan fingerprint density at radius 3 is 2.52 bits per heavy atom. The number of rotatable bonds is 3. The first-order valence-corrected chi connectivity index (χ1v) is 6.75. The average molecular weight is 294 g/mol. The van der Waals surface area contributed by atoms with E-state index in [1.54, 1.807) is 37.8 Å². The summed E-state index contributed by atoms with van der Waals surface area (Å²) in [5, 5.41) is 9.19. The van der Waals surface area contributed by atoms with Crippen LogP contribution in [0.5, 0.6) is 0 Å². The van der Waals surface area contributed by atoms with Crippen LogP contribution in [0.15, 0.2) is 24.5 Å². The van der Waals surface area contributed by atoms with Crippen LogP contribution in [0, 0.1) is 0 Å². The fraction of sp³-hybridized carbons (Fsp3) is 0.500. The van der Waals surface area contributed by atoms with Crippen LogP contribution in [0.25, 0.3) is 0 Å². The van der Waals surface area contributed by atoms with Crippen LogP contribution < -0.4 is 9.63 Å². The van der Waals surface area contributed by atoms with E-state index in [1.807, 2.05) is 0 Å². The van der Waals surface area contributed by atoms with E-state index in [0.29, 0.717) is 18.8 Å². The SMILES string of the molecule is CC(C)(C)OC(=O)CN1CCN(c2cc[n+](O)cc2)C1=O. The number of hydrogen-bond donors (Lipinski definition) is 1. The van der Waals surface area contributed by atoms with Gasteiger partial charge in [-0.1, -0.05) is 0 Å². The van der Waals surface area contributed by atoms with Crippen LogP contribution >= 0.6 is 0 Å². The van der Waals surface area contributed by atoms with Gasteiger partial charge < -0.3 is 9.64 Å². The summed E-state index contributed by atoms with van der Waals surface area (Å²) in [6.45, 7) is 6.27. The Hall–Kier alpha value is -2.31. The van der Waals surface area contributed by atoms with Crippen LogP contribution in [0.2, 0.25) is 0 Å². The molecule has 0 aromatic carbocycles. The van der Waals surface area contributed by atoms with E-state index < -0.39 is 11.6 Å². The van der Waals surface area contributed by atoms with Gasteiger partial charge in [-0.25, -0.2) is 4.79 Å². The predicted octanol–water partition coefficient (Wildman–Crippen LogP) is 0.795. The third kappa shape index (κ3) is 3.84. The molecule has 114 valence electrons. The Kier molecular flexibility index (Phi) is 4.02. The predicted molar refractivity (Wildman–Crippen MR) is 74.0 cm³/mol. The van der Waals surface area contributed by atoms with Crippen molar-refractivity contribution in [1.29, 1.82) is 0 Å². The highest BCUT2D eigenvalue weighted by atomic mass is 16.6. The molecule has 0 aliphatic carbocycles. The van der Waals surface area contributed by atoms with Gasteiger partial charge in [0.05, 0.1) is 5.69 Å². The van der Waals surface area contributed by atoms with Gasteiger partial charge in [0.1, 0.15) is 12.1 Å². The van der Waals surface area contributed by atoms with Crippen LogP contribution in [0.1, 0.15) is 20.8 Å². The molecule has 0 bridgehead atoms. The maximum absolute atomic E-state index is 12.3. The molecule has 2 amide bonds. The van der Waals surface area contributed by atoms with Gasteiger partial charge in [0.2, 0.25) is 12.4 Å². The minimum absolute atomic E-state index is 0.0561. The Bertz CT molecular complexity index is 536. The molecule has 1 fully saturated rings. The molecule has 1 aliphatic heterocycles. The molecular formula is C14H20N3O4+. The van der Waals surface area contributed by atoms with Crippen LogP contribution in [0.3, 0.4) is 0 Å². The highest BCUT2D eigenvalue weighted by Crippen LogP contribution is 2.19. The van der Waals surface area contributed by atoms with Crippen molar-refractivity contribution in [3.05, 3.63) is 24.5 Å². The van der Waals surface area contributed by atoms with Gasteiger partial charge in [-0.15, -0.1) is 0 Å². The molecule has 0 spiro atoms. The monoisotopic (exact) mass is 294 g/mol. The van der Waals surface area contributed by atoms with Crippen molar-refractivity contribution in [3.63, 3.8) is 0 Å². The van der Waals surface area contributed by atoms with Crippen molar-refractivity contribution in [2.45, 2.75) is 26.4 Å². The summed E-state index contributed by atoms with van der Waals surface area (Å²) in [5.74, 6) is -0.418. The van der Waals surface area contributed by atoms with Crippen LogP contribution in [-0.4, -0.2) is 47.3 Å². The number of ether oxygens (including phenoxy) is 1. The molecule has 1 aliphatic rings. The van der Waals surface area contributed by atoms with Crippen LogP contribution in [0.4, 0.5) is 10.5 Å². The number of urea groups is 1. The largest absolute Gasteiger partial charge is 0.459 e. The van der Waals surface area contributed by atoms with Crippen molar-refractivity contribution in [2.75, 3.05) is 24.5 Å². The second-order valence-corrected chi connectivity index (χ2v) is 5.88. The highest BCUT2D eigenvalue weighted by Gasteiger charge is 2.32. The molecular weight excluding hydrogens is 274 g/mol. The second-order valence-electron chi connectivity index (χ2n) is 5.88. The number of pyridine rings is 1. The summed E-state index contributed by atoms with van der Waals surface area (Å²) in [6.07, 6.45) is 2.89. The van der Waals surface area contributed by atoms with Gasteiger partial charge in [-0.3, -0.25) is 14.9 Å². The number of carbonyl (C=O) groups excluding carboxylic acids is 2. The van der Waals surface area contributed by atoms with E-state index >= 15 is 0 Å². The first-order chi connectivity index (χ1) is 9.76. The minimum atomic E-state index is -0.562. The summed E-state index contributed by atoms with van der Waals surface area (Å²) in [4.78, 5) is 27.1. The molecule has 1 N–H and O–H groups in total. The zero-order chi connectivity index (χ0) is 15.6. The van der Waals surface area contributed by atoms with Crippen molar-refractivity contribution < 1.29 is 24.3 Å². The molecule has 0 radical (unpaired) electrons. The summed E-state index contributed by atoms with van der Waals surface area (Å²) in [6, 6.07) is 3.03. The number of amides is 2. The topological polar surface area (TPSA) is 74.0 Å². The zero-order valence-corrected chi connectivity index (χ0v) is 12.4. The Balaban J connectivity index is 1.98. The molecule has 2 heterocycles. The zero-order valence-electron chi connectivity index (χ0n) is 12.4. The molecule has 7 heteroatoms. The molecule has 1 aromatic rings. The van der Waals surface area contributed by atoms with Crippen molar-refractivity contribution in [2.24, 2.45) is 0 Å². The summed E-state index contributed by atoms with van der Waals surface area (Å²) in [7, 11) is 0. The van der Waals surface area contributed by atoms with Gasteiger partial charge in [0, 0.05) is 30.0 Å². The molecule has 1 aromatic heterocycles. The van der Waals surface area contributed by atoms with E-state index in [9.17, 15) is 14.8 Å². The summed E-state index contributed by atoms with van der Waals surface area (Å²) in [5.41, 5.74) is 0.116. The standard InChI is InChI=1S/C14H20N3O4/c1-14(2,3)21-12(18)10-15-8-9-17(13(15)19)11-4-6-16(20)7-5-11/h4-7,20H,8-10H2,1-3H3/q+1. The minimum Gasteiger partial charge on any atom is -0.459 e. The number of anilines is 1. The molecule has 0 saturated carbocycles. The van der Waals surface area contributed by atoms with E-state index in [0.717, 1.165) is 4.73 Å². The quantitative estimate of drug-likeness (QED) is 0.508. The molecule has 1 saturated heterocycles. The third-order valence-electron chi connectivity index (χ3n) is 2.94. The molecule has 0 unspecified atom stereocenters. The second kappa shape index (κ2) is 5.59. The summed E-state index contributed by atoms with van der Waals surface area (Å²) >= 11 is 0. The fourth-order valence-electron chi connectivity index (χ4n) is 2.09. The average Bonchev–Trinajstić information content (AvgIpc) is 2.70. The number of esters is 1. The maximum Gasteiger partial charge on any atom is 0.326 e. The lowest BCUT2D eigenvalue weighted by atomic mass is 10.2. The molecule has 21 heavy (non-hydrogen) atoms. The Morgan fingerprint density at radius 1 is 1.33 bits per heavy atom. The highest BCUT2D eigenvalue weighted by molar-refractivity contribution is 5.95. The number of nitrogens with zero attached hydrogens (tertiary/aromatic N) is 3. The smallest absolute Gasteiger partial charge is 0.326 e. The van der Waals surface area contributed by atoms with E-state index in [4.69, 9.17) is 4.74 Å². The first kappa shape index (κ1) is 15.1. The van der Waals surface area contributed by atoms with Gasteiger partial charge in [0.15, 0.2) is 0 Å². The summed E-state index contributed by atoms with van der Waals surface area (Å²) < 4.78 is 6.12. The lowest BCUT2D eigenvalue weighted by molar-refractivity contribution is -0.904. The number of carbonyl (C=O) groups is 2. The van der Waals surface area contributed by atoms with Crippen molar-refractivity contribution in [1.82, 2.24) is 4.90 Å². The van der Waals surface area contributed by atoms with E-state index in [1.165, 1.54) is 17.3 Å². The molecule has 2 rings (SSSR count). The fourth-order valence-corrected chi connectivity index (χ4v) is 2.09. The number of aromatic nitrogens is 1. The molecule has 0 atom stereocenters. The van der Waals surface area contributed by atoms with Gasteiger partial charge >= 0.3 is 12.0 Å². The van der Waals surface area contributed by atoms with Gasteiger partial charge in [-0.05, 0) is 20.8 Å². The third-order valence-corrected chi connectivity index (χ3v) is 2.94. The molecule has 7 nitrogen and oxygen atoms in total. The Morgan fingerprint density at radius 2 is 1.95 bits per heavy atom. The van der Waals surface area contributed by atoms with E-state index in [2.05, 4.69) is 0 Å². The Labute approximate surface area is 123 Å². The first-order valence-electron chi connectivity index (χ1n) is 6.75. The lowest BCUT2D eigenvalue weighted by Crippen LogP contribution is -2.38. The normalized spacial score (nSPS) is 15.5. The van der Waals surface area contributed by atoms with Crippen molar-refractivity contribution >= 4 is 17.7 Å².